The van der Waals surface area contributed by atoms with Crippen LogP contribution in [0.5, 0.6) is 5.75 Å². The minimum atomic E-state index is -0.681. The summed E-state index contributed by atoms with van der Waals surface area (Å²) < 4.78 is 10.0. The van der Waals surface area contributed by atoms with Gasteiger partial charge in [0.1, 0.15) is 11.4 Å². The van der Waals surface area contributed by atoms with Crippen LogP contribution in [0, 0.1) is 6.92 Å². The molecule has 0 aliphatic heterocycles. The Morgan fingerprint density at radius 2 is 1.64 bits per heavy atom. The van der Waals surface area contributed by atoms with Crippen LogP contribution in [-0.4, -0.2) is 37.2 Å². The first-order chi connectivity index (χ1) is 18.8. The number of nitrogens with one attached hydrogen (secondary N) is 1. The molecule has 10 heteroatoms. The predicted molar refractivity (Wildman–Crippen MR) is 154 cm³/mol. The number of methoxy groups -OCH3 is 1. The summed E-state index contributed by atoms with van der Waals surface area (Å²) in [5.41, 5.74) is 2.02. The van der Waals surface area contributed by atoms with Crippen molar-refractivity contribution in [1.29, 1.82) is 0 Å². The third kappa shape index (κ3) is 4.86. The highest BCUT2D eigenvalue weighted by atomic mass is 32.2. The zero-order valence-corrected chi connectivity index (χ0v) is 22.7. The number of aromatic nitrogens is 4. The van der Waals surface area contributed by atoms with E-state index in [4.69, 9.17) is 9.72 Å². The molecule has 2 aromatic heterocycles. The van der Waals surface area contributed by atoms with Crippen molar-refractivity contribution in [2.45, 2.75) is 24.3 Å². The molecule has 3 aromatic carbocycles. The van der Waals surface area contributed by atoms with E-state index < -0.39 is 5.25 Å². The molecule has 5 rings (SSSR count). The van der Waals surface area contributed by atoms with Crippen LogP contribution in [0.2, 0.25) is 0 Å². The SMILES string of the molecule is COc1cccc(-n2c(S[C@H](C)C(=O)Nc3c(C)n(C)n(-c4ccccc4)c3=O)nc3ccccc3c2=O)c1. The fourth-order valence-electron chi connectivity index (χ4n) is 4.32. The Kier molecular flexibility index (Phi) is 7.12. The number of carbonyl (C=O) groups is 1. The molecular weight excluding hydrogens is 514 g/mol. The van der Waals surface area contributed by atoms with Gasteiger partial charge in [0.2, 0.25) is 5.91 Å². The van der Waals surface area contributed by atoms with Crippen LogP contribution in [0.3, 0.4) is 0 Å². The third-order valence-electron chi connectivity index (χ3n) is 6.51. The highest BCUT2D eigenvalue weighted by Gasteiger charge is 2.24. The van der Waals surface area contributed by atoms with Gasteiger partial charge in [0.25, 0.3) is 11.1 Å². The maximum atomic E-state index is 13.6. The molecule has 198 valence electrons. The second-order valence-corrected chi connectivity index (χ2v) is 10.2. The highest BCUT2D eigenvalue weighted by Crippen LogP contribution is 2.27. The minimum Gasteiger partial charge on any atom is -0.497 e. The quantitative estimate of drug-likeness (QED) is 0.244. The molecule has 1 N–H and O–H groups in total. The van der Waals surface area contributed by atoms with Crippen LogP contribution >= 0.6 is 11.8 Å². The lowest BCUT2D eigenvalue weighted by Gasteiger charge is -2.16. The van der Waals surface area contributed by atoms with Crippen LogP contribution in [0.4, 0.5) is 5.69 Å². The van der Waals surface area contributed by atoms with E-state index in [2.05, 4.69) is 5.32 Å². The molecule has 9 nitrogen and oxygen atoms in total. The number of rotatable bonds is 7. The van der Waals surface area contributed by atoms with Gasteiger partial charge in [0.05, 0.1) is 40.3 Å². The van der Waals surface area contributed by atoms with E-state index in [-0.39, 0.29) is 22.7 Å². The standard InChI is InChI=1S/C29H27N5O4S/c1-18-25(28(37)34(32(18)3)20-11-6-5-7-12-20)31-26(35)19(2)39-29-30-24-16-9-8-15-23(24)27(36)33(29)21-13-10-14-22(17-21)38-4/h5-17,19H,1-4H3,(H,31,35)/t19-/m1/s1. The molecule has 5 aromatic rings. The molecule has 0 spiro atoms. The zero-order valence-electron chi connectivity index (χ0n) is 21.9. The molecule has 0 radical (unpaired) electrons. The molecule has 0 saturated heterocycles. The Morgan fingerprint density at radius 1 is 0.949 bits per heavy atom. The summed E-state index contributed by atoms with van der Waals surface area (Å²) in [4.78, 5) is 44.9. The van der Waals surface area contributed by atoms with Crippen molar-refractivity contribution >= 4 is 34.3 Å². The number of hydrogen-bond donors (Lipinski definition) is 1. The topological polar surface area (TPSA) is 100 Å². The van der Waals surface area contributed by atoms with Gasteiger partial charge >= 0.3 is 0 Å². The average molecular weight is 542 g/mol. The van der Waals surface area contributed by atoms with Gasteiger partial charge in [-0.25, -0.2) is 9.67 Å². The van der Waals surface area contributed by atoms with E-state index in [9.17, 15) is 14.4 Å². The second-order valence-electron chi connectivity index (χ2n) is 8.94. The van der Waals surface area contributed by atoms with Crippen LogP contribution in [0.25, 0.3) is 22.3 Å². The van der Waals surface area contributed by atoms with Crippen molar-refractivity contribution < 1.29 is 9.53 Å². The summed E-state index contributed by atoms with van der Waals surface area (Å²) in [5, 5.41) is 2.94. The Labute approximate surface area is 228 Å². The molecule has 0 bridgehead atoms. The van der Waals surface area contributed by atoms with Crippen molar-refractivity contribution in [3.8, 4) is 17.1 Å². The minimum absolute atomic E-state index is 0.204. The second kappa shape index (κ2) is 10.7. The summed E-state index contributed by atoms with van der Waals surface area (Å²) in [6, 6.07) is 23.4. The van der Waals surface area contributed by atoms with Crippen LogP contribution in [0.15, 0.2) is 93.6 Å². The van der Waals surface area contributed by atoms with Crippen molar-refractivity contribution in [2.24, 2.45) is 7.05 Å². The fraction of sp³-hybridized carbons (Fsp3) is 0.172. The Balaban J connectivity index is 1.50. The largest absolute Gasteiger partial charge is 0.497 e. The van der Waals surface area contributed by atoms with E-state index in [1.54, 1.807) is 75.2 Å². The van der Waals surface area contributed by atoms with Crippen LogP contribution in [-0.2, 0) is 11.8 Å². The lowest BCUT2D eigenvalue weighted by Crippen LogP contribution is -2.28. The van der Waals surface area contributed by atoms with Gasteiger partial charge in [-0.15, -0.1) is 0 Å². The number of fused-ring (bicyclic) bond motifs is 1. The summed E-state index contributed by atoms with van der Waals surface area (Å²) in [7, 11) is 3.32. The highest BCUT2D eigenvalue weighted by molar-refractivity contribution is 8.00. The summed E-state index contributed by atoms with van der Waals surface area (Å²) in [6.07, 6.45) is 0. The molecule has 0 unspecified atom stereocenters. The van der Waals surface area contributed by atoms with Crippen molar-refractivity contribution in [1.82, 2.24) is 18.9 Å². The molecular formula is C29H27N5O4S. The number of anilines is 1. The molecule has 0 aliphatic carbocycles. The van der Waals surface area contributed by atoms with Gasteiger partial charge in [-0.2, -0.15) is 0 Å². The van der Waals surface area contributed by atoms with E-state index in [1.165, 1.54) is 9.25 Å². The van der Waals surface area contributed by atoms with Crippen molar-refractivity contribution in [3.05, 3.63) is 105 Å². The fourth-order valence-corrected chi connectivity index (χ4v) is 5.24. The number of ether oxygens (including phenoxy) is 1. The number of amides is 1. The van der Waals surface area contributed by atoms with Crippen LogP contribution in [0.1, 0.15) is 12.6 Å². The molecule has 1 atom stereocenters. The van der Waals surface area contributed by atoms with Gasteiger partial charge in [-0.05, 0) is 50.2 Å². The lowest BCUT2D eigenvalue weighted by atomic mass is 10.2. The Hall–Kier alpha value is -4.57. The summed E-state index contributed by atoms with van der Waals surface area (Å²) in [6.45, 7) is 3.49. The van der Waals surface area contributed by atoms with E-state index in [0.29, 0.717) is 38.9 Å². The third-order valence-corrected chi connectivity index (χ3v) is 7.56. The number of para-hydroxylation sites is 2. The number of thioether (sulfide) groups is 1. The molecule has 2 heterocycles. The predicted octanol–water partition coefficient (Wildman–Crippen LogP) is 4.31. The number of hydrogen-bond acceptors (Lipinski definition) is 6. The Morgan fingerprint density at radius 3 is 2.38 bits per heavy atom. The maximum absolute atomic E-state index is 13.6. The van der Waals surface area contributed by atoms with Crippen molar-refractivity contribution in [2.75, 3.05) is 12.4 Å². The van der Waals surface area contributed by atoms with Crippen LogP contribution < -0.4 is 21.2 Å². The molecule has 39 heavy (non-hydrogen) atoms. The maximum Gasteiger partial charge on any atom is 0.295 e. The molecule has 0 saturated carbocycles. The van der Waals surface area contributed by atoms with Gasteiger partial charge in [0, 0.05) is 13.1 Å². The average Bonchev–Trinajstić information content (AvgIpc) is 3.16. The smallest absolute Gasteiger partial charge is 0.295 e. The lowest BCUT2D eigenvalue weighted by molar-refractivity contribution is -0.115. The van der Waals surface area contributed by atoms with E-state index in [1.807, 2.05) is 36.4 Å². The van der Waals surface area contributed by atoms with Gasteiger partial charge in [-0.3, -0.25) is 23.6 Å². The first kappa shape index (κ1) is 26.1. The first-order valence-corrected chi connectivity index (χ1v) is 13.2. The zero-order chi connectivity index (χ0) is 27.7. The monoisotopic (exact) mass is 541 g/mol. The number of carbonyl (C=O) groups excluding carboxylic acids is 1. The normalized spacial score (nSPS) is 11.9. The van der Waals surface area contributed by atoms with E-state index in [0.717, 1.165) is 11.8 Å². The summed E-state index contributed by atoms with van der Waals surface area (Å²) in [5.74, 6) is 0.203. The van der Waals surface area contributed by atoms with E-state index >= 15 is 0 Å². The van der Waals surface area contributed by atoms with Crippen molar-refractivity contribution in [3.63, 3.8) is 0 Å². The van der Waals surface area contributed by atoms with Gasteiger partial charge in [0.15, 0.2) is 5.16 Å². The van der Waals surface area contributed by atoms with Gasteiger partial charge < -0.3 is 10.1 Å². The number of benzene rings is 3. The molecule has 1 amide bonds. The molecule has 0 aliphatic rings. The first-order valence-electron chi connectivity index (χ1n) is 12.3. The summed E-state index contributed by atoms with van der Waals surface area (Å²) >= 11 is 1.14. The number of nitrogens with zero attached hydrogens (tertiary/aromatic N) is 4. The molecule has 0 fully saturated rings. The van der Waals surface area contributed by atoms with Gasteiger partial charge in [-0.1, -0.05) is 48.2 Å². The Bertz CT molecular complexity index is 1810.